The predicted molar refractivity (Wildman–Crippen MR) is 77.1 cm³/mol. The Hall–Kier alpha value is -0.940. The van der Waals surface area contributed by atoms with Gasteiger partial charge < -0.3 is 15.0 Å². The third-order valence-corrected chi connectivity index (χ3v) is 4.69. The van der Waals surface area contributed by atoms with Crippen LogP contribution in [-0.4, -0.2) is 17.3 Å². The number of hydrogen-bond acceptors (Lipinski definition) is 5. The quantitative estimate of drug-likeness (QED) is 0.838. The summed E-state index contributed by atoms with van der Waals surface area (Å²) >= 11 is 0. The van der Waals surface area contributed by atoms with E-state index < -0.39 is 0 Å². The minimum absolute atomic E-state index is 0.194. The Kier molecular flexibility index (Phi) is 5.16. The monoisotopic (exact) mass is 281 g/mol. The van der Waals surface area contributed by atoms with Crippen molar-refractivity contribution in [1.82, 2.24) is 10.1 Å². The molecular weight excluding hydrogens is 254 g/mol. The molecule has 0 bridgehead atoms. The third-order valence-electron chi connectivity index (χ3n) is 4.69. The van der Waals surface area contributed by atoms with Gasteiger partial charge in [-0.15, -0.1) is 0 Å². The molecule has 1 aromatic rings. The smallest absolute Gasteiger partial charge is 0.243 e. The highest BCUT2D eigenvalue weighted by atomic mass is 16.5. The van der Waals surface area contributed by atoms with E-state index in [0.717, 1.165) is 32.1 Å². The molecule has 0 radical (unpaired) electrons. The maximum atomic E-state index is 6.17. The zero-order valence-corrected chi connectivity index (χ0v) is 12.9. The molecule has 20 heavy (non-hydrogen) atoms. The lowest BCUT2D eigenvalue weighted by Gasteiger charge is -2.27. The van der Waals surface area contributed by atoms with E-state index >= 15 is 0 Å². The van der Waals surface area contributed by atoms with Crippen LogP contribution in [0, 0.1) is 5.92 Å². The zero-order valence-electron chi connectivity index (χ0n) is 12.9. The van der Waals surface area contributed by atoms with E-state index in [2.05, 4.69) is 24.0 Å². The second kappa shape index (κ2) is 6.68. The van der Waals surface area contributed by atoms with Crippen molar-refractivity contribution in [1.29, 1.82) is 0 Å². The van der Waals surface area contributed by atoms with Gasteiger partial charge in [-0.1, -0.05) is 51.1 Å². The summed E-state index contributed by atoms with van der Waals surface area (Å²) in [5.74, 6) is 1.54. The molecule has 0 aromatic carbocycles. The molecule has 2 rings (SSSR count). The van der Waals surface area contributed by atoms with Crippen molar-refractivity contribution in [3.05, 3.63) is 11.7 Å². The molecule has 1 fully saturated rings. The highest BCUT2D eigenvalue weighted by molar-refractivity contribution is 5.04. The highest BCUT2D eigenvalue weighted by Crippen LogP contribution is 2.38. The fourth-order valence-electron chi connectivity index (χ4n) is 2.87. The van der Waals surface area contributed by atoms with E-state index in [1.807, 2.05) is 0 Å². The van der Waals surface area contributed by atoms with Gasteiger partial charge in [-0.05, 0) is 18.8 Å². The Labute approximate surface area is 121 Å². The number of nitrogens with zero attached hydrogens (tertiary/aromatic N) is 2. The summed E-state index contributed by atoms with van der Waals surface area (Å²) in [6, 6.07) is -0.194. The van der Waals surface area contributed by atoms with Crippen molar-refractivity contribution < 1.29 is 9.26 Å². The Bertz CT molecular complexity index is 411. The standard InChI is InChI=1S/C15H27N3O2/c1-4-11(2)12(16)13-17-14(18-20-13)15(19-3)9-7-5-6-8-10-15/h11-12H,4-10,16H2,1-3H3/t11?,12-/m0/s1. The van der Waals surface area contributed by atoms with E-state index in [0.29, 0.717) is 17.6 Å². The highest BCUT2D eigenvalue weighted by Gasteiger charge is 2.38. The number of methoxy groups -OCH3 is 1. The van der Waals surface area contributed by atoms with Gasteiger partial charge in [-0.25, -0.2) is 0 Å². The summed E-state index contributed by atoms with van der Waals surface area (Å²) in [5, 5.41) is 4.17. The Morgan fingerprint density at radius 3 is 2.50 bits per heavy atom. The fourth-order valence-corrected chi connectivity index (χ4v) is 2.87. The van der Waals surface area contributed by atoms with Crippen LogP contribution in [0.3, 0.4) is 0 Å². The Morgan fingerprint density at radius 1 is 1.30 bits per heavy atom. The zero-order chi connectivity index (χ0) is 14.6. The van der Waals surface area contributed by atoms with Crippen molar-refractivity contribution in [3.8, 4) is 0 Å². The van der Waals surface area contributed by atoms with E-state index in [-0.39, 0.29) is 11.6 Å². The lowest BCUT2D eigenvalue weighted by molar-refractivity contribution is -0.0365. The first-order valence-electron chi connectivity index (χ1n) is 7.78. The summed E-state index contributed by atoms with van der Waals surface area (Å²) < 4.78 is 11.2. The van der Waals surface area contributed by atoms with Crippen molar-refractivity contribution in [3.63, 3.8) is 0 Å². The molecule has 2 atom stereocenters. The molecular formula is C15H27N3O2. The van der Waals surface area contributed by atoms with Crippen LogP contribution in [0.2, 0.25) is 0 Å². The average molecular weight is 281 g/mol. The van der Waals surface area contributed by atoms with Gasteiger partial charge in [0.05, 0.1) is 6.04 Å². The second-order valence-corrected chi connectivity index (χ2v) is 5.98. The Balaban J connectivity index is 2.21. The molecule has 0 aliphatic heterocycles. The first kappa shape index (κ1) is 15.4. The van der Waals surface area contributed by atoms with Crippen LogP contribution in [0.15, 0.2) is 4.52 Å². The summed E-state index contributed by atoms with van der Waals surface area (Å²) in [6.07, 6.45) is 7.71. The predicted octanol–water partition coefficient (Wildman–Crippen LogP) is 3.31. The molecule has 1 unspecified atom stereocenters. The van der Waals surface area contributed by atoms with Crippen molar-refractivity contribution in [2.24, 2.45) is 11.7 Å². The molecule has 1 aromatic heterocycles. The van der Waals surface area contributed by atoms with Crippen LogP contribution in [-0.2, 0) is 10.3 Å². The van der Waals surface area contributed by atoms with Gasteiger partial charge >= 0.3 is 0 Å². The molecule has 1 aliphatic carbocycles. The van der Waals surface area contributed by atoms with Crippen LogP contribution in [0.4, 0.5) is 0 Å². The Morgan fingerprint density at radius 2 is 1.95 bits per heavy atom. The molecule has 114 valence electrons. The molecule has 1 heterocycles. The number of ether oxygens (including phenoxy) is 1. The van der Waals surface area contributed by atoms with Gasteiger partial charge in [-0.2, -0.15) is 4.98 Å². The molecule has 5 heteroatoms. The van der Waals surface area contributed by atoms with E-state index in [4.69, 9.17) is 15.0 Å². The molecule has 0 saturated heterocycles. The topological polar surface area (TPSA) is 74.2 Å². The van der Waals surface area contributed by atoms with Gasteiger partial charge in [0, 0.05) is 7.11 Å². The summed E-state index contributed by atoms with van der Waals surface area (Å²) in [4.78, 5) is 4.56. The van der Waals surface area contributed by atoms with E-state index in [1.165, 1.54) is 12.8 Å². The van der Waals surface area contributed by atoms with E-state index in [1.54, 1.807) is 7.11 Å². The summed E-state index contributed by atoms with van der Waals surface area (Å²) in [5.41, 5.74) is 5.79. The number of hydrogen-bond donors (Lipinski definition) is 1. The van der Waals surface area contributed by atoms with Crippen LogP contribution >= 0.6 is 0 Å². The molecule has 0 amide bonds. The van der Waals surface area contributed by atoms with Crippen molar-refractivity contribution >= 4 is 0 Å². The molecule has 0 spiro atoms. The van der Waals surface area contributed by atoms with Gasteiger partial charge in [0.1, 0.15) is 5.60 Å². The molecule has 5 nitrogen and oxygen atoms in total. The second-order valence-electron chi connectivity index (χ2n) is 5.98. The number of rotatable bonds is 5. The fraction of sp³-hybridized carbons (Fsp3) is 0.867. The third kappa shape index (κ3) is 3.04. The van der Waals surface area contributed by atoms with Gasteiger partial charge in [0.25, 0.3) is 0 Å². The van der Waals surface area contributed by atoms with Crippen molar-refractivity contribution in [2.45, 2.75) is 70.4 Å². The van der Waals surface area contributed by atoms with Crippen LogP contribution in [0.25, 0.3) is 0 Å². The van der Waals surface area contributed by atoms with Crippen LogP contribution in [0.1, 0.15) is 76.6 Å². The lowest BCUT2D eigenvalue weighted by atomic mass is 9.93. The lowest BCUT2D eigenvalue weighted by Crippen LogP contribution is -2.29. The molecule has 1 aliphatic rings. The maximum absolute atomic E-state index is 6.17. The minimum atomic E-state index is -0.382. The molecule has 1 saturated carbocycles. The maximum Gasteiger partial charge on any atom is 0.243 e. The van der Waals surface area contributed by atoms with Crippen LogP contribution in [0.5, 0.6) is 0 Å². The first-order chi connectivity index (χ1) is 9.63. The SMILES string of the molecule is CCC(C)[C@H](N)c1nc(C2(OC)CCCCCC2)no1. The number of aromatic nitrogens is 2. The van der Waals surface area contributed by atoms with Crippen molar-refractivity contribution in [2.75, 3.05) is 7.11 Å². The van der Waals surface area contributed by atoms with E-state index in [9.17, 15) is 0 Å². The normalized spacial score (nSPS) is 22.2. The van der Waals surface area contributed by atoms with Gasteiger partial charge in [0.2, 0.25) is 11.7 Å². The molecule has 2 N–H and O–H groups in total. The minimum Gasteiger partial charge on any atom is -0.370 e. The first-order valence-corrected chi connectivity index (χ1v) is 7.78. The van der Waals surface area contributed by atoms with Crippen LogP contribution < -0.4 is 5.73 Å². The number of nitrogens with two attached hydrogens (primary N) is 1. The average Bonchev–Trinajstić information content (AvgIpc) is 2.85. The summed E-state index contributed by atoms with van der Waals surface area (Å²) in [6.45, 7) is 4.22. The largest absolute Gasteiger partial charge is 0.370 e. The summed E-state index contributed by atoms with van der Waals surface area (Å²) in [7, 11) is 1.75. The van der Waals surface area contributed by atoms with Gasteiger partial charge in [-0.3, -0.25) is 0 Å². The van der Waals surface area contributed by atoms with Gasteiger partial charge in [0.15, 0.2) is 0 Å².